The third-order valence-corrected chi connectivity index (χ3v) is 5.22. The molecule has 0 radical (unpaired) electrons. The minimum atomic E-state index is 0.852. The molecule has 0 spiro atoms. The Labute approximate surface area is 153 Å². The number of hydrogen-bond donors (Lipinski definition) is 1. The Balaban J connectivity index is 1.43. The summed E-state index contributed by atoms with van der Waals surface area (Å²) in [6.07, 6.45) is 1.04. The summed E-state index contributed by atoms with van der Waals surface area (Å²) in [6.45, 7) is 3.83. The predicted molar refractivity (Wildman–Crippen MR) is 102 cm³/mol. The Morgan fingerprint density at radius 2 is 2.00 bits per heavy atom. The zero-order valence-corrected chi connectivity index (χ0v) is 15.1. The van der Waals surface area contributed by atoms with Crippen molar-refractivity contribution >= 4 is 17.3 Å². The van der Waals surface area contributed by atoms with Crippen LogP contribution >= 0.6 is 11.6 Å². The van der Waals surface area contributed by atoms with E-state index in [0.717, 1.165) is 49.1 Å². The first-order chi connectivity index (χ1) is 12.2. The molecule has 4 rings (SSSR count). The van der Waals surface area contributed by atoms with Gasteiger partial charge in [-0.25, -0.2) is 0 Å². The fraction of sp³-hybridized carbons (Fsp3) is 0.300. The summed E-state index contributed by atoms with van der Waals surface area (Å²) < 4.78 is 5.34. The number of hydrazine groups is 1. The van der Waals surface area contributed by atoms with Gasteiger partial charge in [0.1, 0.15) is 5.75 Å². The van der Waals surface area contributed by atoms with E-state index >= 15 is 0 Å². The van der Waals surface area contributed by atoms with Crippen LogP contribution in [0, 0.1) is 0 Å². The third-order valence-electron chi connectivity index (χ3n) is 4.85. The van der Waals surface area contributed by atoms with E-state index in [2.05, 4.69) is 39.6 Å². The molecule has 2 heterocycles. The highest BCUT2D eigenvalue weighted by Gasteiger charge is 2.27. The van der Waals surface area contributed by atoms with Crippen LogP contribution in [0.25, 0.3) is 0 Å². The van der Waals surface area contributed by atoms with Crippen molar-refractivity contribution in [2.75, 3.05) is 31.8 Å². The van der Waals surface area contributed by atoms with E-state index in [0.29, 0.717) is 0 Å². The average molecular weight is 356 g/mol. The van der Waals surface area contributed by atoms with Crippen molar-refractivity contribution in [1.82, 2.24) is 10.3 Å². The smallest absolute Gasteiger partial charge is 0.120 e. The van der Waals surface area contributed by atoms with Crippen LogP contribution in [-0.4, -0.2) is 31.6 Å². The molecule has 0 amide bonds. The van der Waals surface area contributed by atoms with Gasteiger partial charge >= 0.3 is 0 Å². The van der Waals surface area contributed by atoms with Crippen LogP contribution in [-0.2, 0) is 6.54 Å². The molecule has 0 atom stereocenters. The van der Waals surface area contributed by atoms with Gasteiger partial charge in [-0.3, -0.25) is 9.91 Å². The highest BCUT2D eigenvalue weighted by atomic mass is 35.5. The van der Waals surface area contributed by atoms with Crippen molar-refractivity contribution in [3.63, 3.8) is 0 Å². The lowest BCUT2D eigenvalue weighted by Gasteiger charge is -2.27. The Morgan fingerprint density at radius 1 is 1.12 bits per heavy atom. The van der Waals surface area contributed by atoms with Gasteiger partial charge in [-0.15, -0.1) is 0 Å². The molecular weight excluding hydrogens is 334 g/mol. The van der Waals surface area contributed by atoms with Crippen molar-refractivity contribution in [2.24, 2.45) is 0 Å². The fourth-order valence-electron chi connectivity index (χ4n) is 3.50. The molecule has 4 nitrogen and oxygen atoms in total. The first-order valence-corrected chi connectivity index (χ1v) is 8.95. The first kappa shape index (κ1) is 16.3. The lowest BCUT2D eigenvalue weighted by molar-refractivity contribution is 0.277. The van der Waals surface area contributed by atoms with Crippen molar-refractivity contribution < 1.29 is 4.74 Å². The van der Waals surface area contributed by atoms with Crippen LogP contribution in [0.3, 0.4) is 0 Å². The number of methoxy groups -OCH3 is 1. The van der Waals surface area contributed by atoms with Gasteiger partial charge in [-0.2, -0.15) is 0 Å². The van der Waals surface area contributed by atoms with Gasteiger partial charge in [0.15, 0.2) is 0 Å². The fourth-order valence-corrected chi connectivity index (χ4v) is 3.70. The zero-order valence-electron chi connectivity index (χ0n) is 14.3. The summed E-state index contributed by atoms with van der Waals surface area (Å²) >= 11 is 6.32. The van der Waals surface area contributed by atoms with E-state index in [-0.39, 0.29) is 0 Å². The minimum Gasteiger partial charge on any atom is -0.497 e. The van der Waals surface area contributed by atoms with E-state index in [1.54, 1.807) is 7.11 Å². The molecule has 0 unspecified atom stereocenters. The minimum absolute atomic E-state index is 0.852. The number of nitrogens with one attached hydrogen (secondary N) is 1. The maximum absolute atomic E-state index is 6.32. The van der Waals surface area contributed by atoms with Crippen molar-refractivity contribution in [2.45, 2.75) is 13.0 Å². The Morgan fingerprint density at radius 3 is 2.84 bits per heavy atom. The number of hydrogen-bond acceptors (Lipinski definition) is 4. The Bertz CT molecular complexity index is 805. The van der Waals surface area contributed by atoms with Gasteiger partial charge in [-0.1, -0.05) is 35.9 Å². The van der Waals surface area contributed by atoms with Crippen LogP contribution in [0.4, 0.5) is 5.69 Å². The standard InChI is InChI=1S/C20H22ClN3O/c1-25-18-7-4-6-17(11-18)24-14-16-13-23(10-9-20(16)22-24)12-15-5-2-3-8-19(15)21/h2-8,11,22H,9-10,12-14H2,1H3. The van der Waals surface area contributed by atoms with Gasteiger partial charge in [0, 0.05) is 42.8 Å². The van der Waals surface area contributed by atoms with Gasteiger partial charge in [0.05, 0.1) is 19.3 Å². The predicted octanol–water partition coefficient (Wildman–Crippen LogP) is 3.83. The highest BCUT2D eigenvalue weighted by Crippen LogP contribution is 2.29. The molecule has 0 fully saturated rings. The number of halogens is 1. The van der Waals surface area contributed by atoms with Crippen LogP contribution in [0.1, 0.15) is 12.0 Å². The molecule has 130 valence electrons. The van der Waals surface area contributed by atoms with Crippen LogP contribution in [0.2, 0.25) is 5.02 Å². The summed E-state index contributed by atoms with van der Waals surface area (Å²) in [5.74, 6) is 0.879. The largest absolute Gasteiger partial charge is 0.497 e. The molecular formula is C20H22ClN3O. The third kappa shape index (κ3) is 3.46. The number of ether oxygens (including phenoxy) is 1. The highest BCUT2D eigenvalue weighted by molar-refractivity contribution is 6.31. The van der Waals surface area contributed by atoms with E-state index in [9.17, 15) is 0 Å². The molecule has 2 aliphatic heterocycles. The van der Waals surface area contributed by atoms with Crippen LogP contribution < -0.4 is 15.2 Å². The van der Waals surface area contributed by atoms with E-state index in [4.69, 9.17) is 16.3 Å². The van der Waals surface area contributed by atoms with E-state index in [1.807, 2.05) is 24.3 Å². The molecule has 2 aliphatic rings. The summed E-state index contributed by atoms with van der Waals surface area (Å²) in [7, 11) is 1.70. The van der Waals surface area contributed by atoms with E-state index < -0.39 is 0 Å². The summed E-state index contributed by atoms with van der Waals surface area (Å²) in [5.41, 5.74) is 8.71. The van der Waals surface area contributed by atoms with Crippen molar-refractivity contribution in [3.05, 3.63) is 70.4 Å². The quantitative estimate of drug-likeness (QED) is 0.902. The Kier molecular flexibility index (Phi) is 4.55. The maximum atomic E-state index is 6.32. The first-order valence-electron chi connectivity index (χ1n) is 8.58. The second-order valence-corrected chi connectivity index (χ2v) is 6.94. The van der Waals surface area contributed by atoms with Gasteiger partial charge in [-0.05, 0) is 29.3 Å². The molecule has 2 aromatic rings. The second kappa shape index (κ2) is 6.98. The Hall–Kier alpha value is -2.17. The van der Waals surface area contributed by atoms with Crippen LogP contribution in [0.15, 0.2) is 59.8 Å². The average Bonchev–Trinajstić information content (AvgIpc) is 3.07. The van der Waals surface area contributed by atoms with Gasteiger partial charge in [0.2, 0.25) is 0 Å². The molecule has 0 saturated carbocycles. The SMILES string of the molecule is COc1cccc(N2CC3=C(CCN(Cc4ccccc4Cl)C3)N2)c1. The normalized spacial score (nSPS) is 17.4. The second-order valence-electron chi connectivity index (χ2n) is 6.53. The molecule has 5 heteroatoms. The summed E-state index contributed by atoms with van der Waals surface area (Å²) in [5, 5.41) is 3.05. The molecule has 0 aliphatic carbocycles. The summed E-state index contributed by atoms with van der Waals surface area (Å²) in [4.78, 5) is 2.47. The molecule has 1 N–H and O–H groups in total. The molecule has 0 bridgehead atoms. The number of anilines is 1. The maximum Gasteiger partial charge on any atom is 0.120 e. The molecule has 25 heavy (non-hydrogen) atoms. The van der Waals surface area contributed by atoms with Gasteiger partial charge < -0.3 is 10.2 Å². The number of nitrogens with zero attached hydrogens (tertiary/aromatic N) is 2. The molecule has 0 saturated heterocycles. The topological polar surface area (TPSA) is 27.7 Å². The van der Waals surface area contributed by atoms with Gasteiger partial charge in [0.25, 0.3) is 0 Å². The monoisotopic (exact) mass is 355 g/mol. The lowest BCUT2D eigenvalue weighted by atomic mass is 10.1. The zero-order chi connectivity index (χ0) is 17.2. The van der Waals surface area contributed by atoms with Crippen molar-refractivity contribution in [3.8, 4) is 5.75 Å². The molecule has 2 aromatic carbocycles. The summed E-state index contributed by atoms with van der Waals surface area (Å²) in [6, 6.07) is 16.3. The molecule has 0 aromatic heterocycles. The van der Waals surface area contributed by atoms with Crippen LogP contribution in [0.5, 0.6) is 5.75 Å². The number of benzene rings is 2. The van der Waals surface area contributed by atoms with Crippen molar-refractivity contribution in [1.29, 1.82) is 0 Å². The van der Waals surface area contributed by atoms with E-state index in [1.165, 1.54) is 16.8 Å². The number of rotatable bonds is 4. The lowest BCUT2D eigenvalue weighted by Crippen LogP contribution is -2.33.